The molecular weight excluding hydrogens is 268 g/mol. The third-order valence-electron chi connectivity index (χ3n) is 3.28. The predicted octanol–water partition coefficient (Wildman–Crippen LogP) is 2.83. The van der Waals surface area contributed by atoms with Gasteiger partial charge in [0.1, 0.15) is 17.4 Å². The van der Waals surface area contributed by atoms with Crippen LogP contribution >= 0.6 is 0 Å². The van der Waals surface area contributed by atoms with Crippen LogP contribution in [0, 0.1) is 0 Å². The molecule has 4 heteroatoms. The Labute approximate surface area is 121 Å². The van der Waals surface area contributed by atoms with Crippen LogP contribution in [0.2, 0.25) is 0 Å². The molecule has 1 heterocycles. The summed E-state index contributed by atoms with van der Waals surface area (Å²) < 4.78 is 10.5. The maximum Gasteiger partial charge on any atom is 0.335 e. The quantitative estimate of drug-likeness (QED) is 0.493. The second-order valence-electron chi connectivity index (χ2n) is 4.55. The molecule has 0 radical (unpaired) electrons. The van der Waals surface area contributed by atoms with E-state index in [-0.39, 0.29) is 5.97 Å². The number of rotatable bonds is 3. The van der Waals surface area contributed by atoms with Crippen molar-refractivity contribution >= 4 is 11.9 Å². The fourth-order valence-corrected chi connectivity index (χ4v) is 2.36. The SMILES string of the molecule is C=CC(=O)Oc1ccccc1C1C(=O)Oc2ccccc21. The monoisotopic (exact) mass is 280 g/mol. The minimum absolute atomic E-state index is 0.334. The number of carbonyl (C=O) groups is 2. The van der Waals surface area contributed by atoms with Gasteiger partial charge in [-0.1, -0.05) is 43.0 Å². The van der Waals surface area contributed by atoms with Crippen molar-refractivity contribution in [3.05, 3.63) is 72.3 Å². The Morgan fingerprint density at radius 3 is 2.52 bits per heavy atom. The molecule has 2 aromatic rings. The first-order chi connectivity index (χ1) is 10.2. The lowest BCUT2D eigenvalue weighted by atomic mass is 9.92. The summed E-state index contributed by atoms with van der Waals surface area (Å²) in [6.45, 7) is 3.37. The summed E-state index contributed by atoms with van der Waals surface area (Å²) in [4.78, 5) is 23.6. The third kappa shape index (κ3) is 2.31. The van der Waals surface area contributed by atoms with Crippen molar-refractivity contribution in [3.63, 3.8) is 0 Å². The van der Waals surface area contributed by atoms with Gasteiger partial charge in [-0.05, 0) is 12.1 Å². The van der Waals surface area contributed by atoms with Crippen LogP contribution in [0.5, 0.6) is 11.5 Å². The molecule has 0 fully saturated rings. The van der Waals surface area contributed by atoms with Crippen LogP contribution in [0.15, 0.2) is 61.2 Å². The molecule has 104 valence electrons. The molecule has 1 aliphatic rings. The lowest BCUT2D eigenvalue weighted by molar-refractivity contribution is -0.133. The molecule has 0 spiro atoms. The first-order valence-corrected chi connectivity index (χ1v) is 6.44. The number of hydrogen-bond donors (Lipinski definition) is 0. The summed E-state index contributed by atoms with van der Waals surface area (Å²) >= 11 is 0. The Bertz CT molecular complexity index is 733. The van der Waals surface area contributed by atoms with Crippen LogP contribution in [-0.4, -0.2) is 11.9 Å². The minimum atomic E-state index is -0.588. The van der Waals surface area contributed by atoms with E-state index in [9.17, 15) is 9.59 Å². The second-order valence-corrected chi connectivity index (χ2v) is 4.55. The van der Waals surface area contributed by atoms with E-state index < -0.39 is 11.9 Å². The van der Waals surface area contributed by atoms with Gasteiger partial charge in [0.2, 0.25) is 0 Å². The van der Waals surface area contributed by atoms with Gasteiger partial charge in [-0.2, -0.15) is 0 Å². The largest absolute Gasteiger partial charge is 0.425 e. The van der Waals surface area contributed by atoms with Crippen molar-refractivity contribution in [2.45, 2.75) is 5.92 Å². The Morgan fingerprint density at radius 1 is 1.10 bits per heavy atom. The zero-order valence-corrected chi connectivity index (χ0v) is 11.1. The average molecular weight is 280 g/mol. The highest BCUT2D eigenvalue weighted by Gasteiger charge is 2.36. The van der Waals surface area contributed by atoms with Gasteiger partial charge in [0, 0.05) is 17.2 Å². The van der Waals surface area contributed by atoms with Gasteiger partial charge in [0.25, 0.3) is 0 Å². The van der Waals surface area contributed by atoms with E-state index in [0.717, 1.165) is 11.6 Å². The molecule has 1 aliphatic heterocycles. The summed E-state index contributed by atoms with van der Waals surface area (Å²) in [5, 5.41) is 0. The van der Waals surface area contributed by atoms with Gasteiger partial charge in [-0.3, -0.25) is 4.79 Å². The Hall–Kier alpha value is -2.88. The van der Waals surface area contributed by atoms with E-state index in [4.69, 9.17) is 9.47 Å². The molecule has 0 aliphatic carbocycles. The van der Waals surface area contributed by atoms with E-state index in [1.807, 2.05) is 12.1 Å². The number of ether oxygens (including phenoxy) is 2. The topological polar surface area (TPSA) is 52.6 Å². The number of esters is 2. The molecular formula is C17H12O4. The predicted molar refractivity (Wildman–Crippen MR) is 76.2 cm³/mol. The van der Waals surface area contributed by atoms with Crippen LogP contribution in [0.1, 0.15) is 17.0 Å². The van der Waals surface area contributed by atoms with Crippen LogP contribution in [-0.2, 0) is 9.59 Å². The van der Waals surface area contributed by atoms with Crippen molar-refractivity contribution in [2.24, 2.45) is 0 Å². The summed E-state index contributed by atoms with van der Waals surface area (Å²) in [6.07, 6.45) is 1.08. The van der Waals surface area contributed by atoms with Gasteiger partial charge in [-0.15, -0.1) is 0 Å². The lowest BCUT2D eigenvalue weighted by Gasteiger charge is -2.12. The molecule has 0 saturated carbocycles. The lowest BCUT2D eigenvalue weighted by Crippen LogP contribution is -2.14. The zero-order valence-electron chi connectivity index (χ0n) is 11.1. The molecule has 2 aromatic carbocycles. The Balaban J connectivity index is 2.07. The van der Waals surface area contributed by atoms with E-state index in [0.29, 0.717) is 17.1 Å². The van der Waals surface area contributed by atoms with Gasteiger partial charge in [0.15, 0.2) is 0 Å². The summed E-state index contributed by atoms with van der Waals surface area (Å²) in [5.74, 6) is -0.658. The number of carbonyl (C=O) groups excluding carboxylic acids is 2. The van der Waals surface area contributed by atoms with Gasteiger partial charge in [-0.25, -0.2) is 4.79 Å². The van der Waals surface area contributed by atoms with Gasteiger partial charge >= 0.3 is 11.9 Å². The smallest absolute Gasteiger partial charge is 0.335 e. The molecule has 3 rings (SSSR count). The van der Waals surface area contributed by atoms with Crippen molar-refractivity contribution < 1.29 is 19.1 Å². The molecule has 0 aromatic heterocycles. The van der Waals surface area contributed by atoms with Crippen LogP contribution in [0.3, 0.4) is 0 Å². The molecule has 0 bridgehead atoms. The van der Waals surface area contributed by atoms with E-state index in [1.165, 1.54) is 0 Å². The van der Waals surface area contributed by atoms with Crippen molar-refractivity contribution in [1.29, 1.82) is 0 Å². The van der Waals surface area contributed by atoms with E-state index >= 15 is 0 Å². The molecule has 0 saturated heterocycles. The number of benzene rings is 2. The highest BCUT2D eigenvalue weighted by atomic mass is 16.5. The highest BCUT2D eigenvalue weighted by Crippen LogP contribution is 2.41. The zero-order chi connectivity index (χ0) is 14.8. The fraction of sp³-hybridized carbons (Fsp3) is 0.0588. The molecule has 0 amide bonds. The first-order valence-electron chi connectivity index (χ1n) is 6.44. The van der Waals surface area contributed by atoms with Gasteiger partial charge in [0.05, 0.1) is 0 Å². The molecule has 0 N–H and O–H groups in total. The van der Waals surface area contributed by atoms with Crippen molar-refractivity contribution in [3.8, 4) is 11.5 Å². The number of para-hydroxylation sites is 2. The Morgan fingerprint density at radius 2 is 1.76 bits per heavy atom. The van der Waals surface area contributed by atoms with E-state index in [1.54, 1.807) is 36.4 Å². The maximum atomic E-state index is 12.2. The summed E-state index contributed by atoms with van der Waals surface area (Å²) in [5.41, 5.74) is 1.37. The highest BCUT2D eigenvalue weighted by molar-refractivity contribution is 5.91. The first kappa shape index (κ1) is 13.1. The standard InChI is InChI=1S/C17H12O4/c1-2-15(18)20-13-9-5-3-7-11(13)16-12-8-4-6-10-14(12)21-17(16)19/h2-10,16H,1H2. The molecule has 21 heavy (non-hydrogen) atoms. The average Bonchev–Trinajstić information content (AvgIpc) is 2.83. The van der Waals surface area contributed by atoms with Crippen molar-refractivity contribution in [2.75, 3.05) is 0 Å². The fourth-order valence-electron chi connectivity index (χ4n) is 2.36. The van der Waals surface area contributed by atoms with Crippen LogP contribution < -0.4 is 9.47 Å². The minimum Gasteiger partial charge on any atom is -0.425 e. The normalized spacial score (nSPS) is 16.0. The number of hydrogen-bond acceptors (Lipinski definition) is 4. The maximum absolute atomic E-state index is 12.2. The third-order valence-corrected chi connectivity index (χ3v) is 3.28. The number of fused-ring (bicyclic) bond motifs is 1. The van der Waals surface area contributed by atoms with Crippen LogP contribution in [0.25, 0.3) is 0 Å². The molecule has 1 unspecified atom stereocenters. The van der Waals surface area contributed by atoms with Crippen molar-refractivity contribution in [1.82, 2.24) is 0 Å². The van der Waals surface area contributed by atoms with Gasteiger partial charge < -0.3 is 9.47 Å². The summed E-state index contributed by atoms with van der Waals surface area (Å²) in [7, 11) is 0. The Kier molecular flexibility index (Phi) is 3.28. The summed E-state index contributed by atoms with van der Waals surface area (Å²) in [6, 6.07) is 14.1. The molecule has 4 nitrogen and oxygen atoms in total. The van der Waals surface area contributed by atoms with Crippen LogP contribution in [0.4, 0.5) is 0 Å². The second kappa shape index (κ2) is 5.25. The van der Waals surface area contributed by atoms with E-state index in [2.05, 4.69) is 6.58 Å². The molecule has 1 atom stereocenters.